The van der Waals surface area contributed by atoms with Gasteiger partial charge in [0, 0.05) is 50.3 Å². The van der Waals surface area contributed by atoms with E-state index in [0.717, 1.165) is 49.5 Å². The van der Waals surface area contributed by atoms with E-state index in [1.54, 1.807) is 18.2 Å². The van der Waals surface area contributed by atoms with Gasteiger partial charge in [-0.05, 0) is 47.5 Å². The molecule has 31 heavy (non-hydrogen) atoms. The smallest absolute Gasteiger partial charge is 0.238 e. The molecule has 3 aromatic rings. The predicted octanol–water partition coefficient (Wildman–Crippen LogP) is 3.36. The van der Waals surface area contributed by atoms with Crippen molar-refractivity contribution in [3.8, 4) is 6.07 Å². The van der Waals surface area contributed by atoms with Crippen LogP contribution < -0.4 is 10.2 Å². The Kier molecular flexibility index (Phi) is 5.11. The molecular weight excluding hydrogens is 386 g/mol. The minimum Gasteiger partial charge on any atom is -0.369 e. The second-order valence-electron chi connectivity index (χ2n) is 8.03. The lowest BCUT2D eigenvalue weighted by Crippen LogP contribution is -2.45. The number of rotatable bonds is 4. The minimum atomic E-state index is -0.466. The van der Waals surface area contributed by atoms with E-state index in [-0.39, 0.29) is 5.91 Å². The van der Waals surface area contributed by atoms with Crippen LogP contribution in [0.15, 0.2) is 66.9 Å². The molecule has 6 heteroatoms. The zero-order chi connectivity index (χ0) is 21.2. The molecule has 0 spiro atoms. The molecule has 2 aliphatic heterocycles. The molecule has 154 valence electrons. The minimum absolute atomic E-state index is 0.0950. The lowest BCUT2D eigenvalue weighted by Gasteiger charge is -2.36. The number of amides is 1. The van der Waals surface area contributed by atoms with E-state index in [4.69, 9.17) is 0 Å². The second-order valence-corrected chi connectivity index (χ2v) is 8.03. The molecule has 1 N–H and O–H groups in total. The number of nitrogens with zero attached hydrogens (tertiary/aromatic N) is 4. The molecule has 2 aliphatic rings. The van der Waals surface area contributed by atoms with Gasteiger partial charge >= 0.3 is 0 Å². The first-order chi connectivity index (χ1) is 15.2. The van der Waals surface area contributed by atoms with Crippen LogP contribution in [0.2, 0.25) is 0 Å². The van der Waals surface area contributed by atoms with Crippen LogP contribution in [0.5, 0.6) is 0 Å². The summed E-state index contributed by atoms with van der Waals surface area (Å²) in [7, 11) is 0. The summed E-state index contributed by atoms with van der Waals surface area (Å²) in [4.78, 5) is 22.0. The Bertz CT molecular complexity index is 1130. The molecule has 6 nitrogen and oxygen atoms in total. The third kappa shape index (κ3) is 3.88. The number of nitrogens with one attached hydrogen (secondary N) is 1. The fourth-order valence-electron chi connectivity index (χ4n) is 4.39. The van der Waals surface area contributed by atoms with Gasteiger partial charge in [0.05, 0.1) is 17.3 Å². The summed E-state index contributed by atoms with van der Waals surface area (Å²) < 4.78 is 0. The molecule has 0 bridgehead atoms. The number of hydrogen-bond donors (Lipinski definition) is 1. The highest BCUT2D eigenvalue weighted by Crippen LogP contribution is 2.36. The zero-order valence-corrected chi connectivity index (χ0v) is 17.2. The Morgan fingerprint density at radius 1 is 1.03 bits per heavy atom. The van der Waals surface area contributed by atoms with Crippen LogP contribution in [-0.2, 0) is 11.3 Å². The highest BCUT2D eigenvalue weighted by atomic mass is 16.2. The number of carbonyl (C=O) groups is 1. The number of fused-ring (bicyclic) bond motifs is 1. The maximum atomic E-state index is 12.5. The summed E-state index contributed by atoms with van der Waals surface area (Å²) in [6.45, 7) is 4.88. The van der Waals surface area contributed by atoms with Crippen LogP contribution in [0.4, 0.5) is 11.4 Å². The first-order valence-corrected chi connectivity index (χ1v) is 10.5. The van der Waals surface area contributed by atoms with Gasteiger partial charge in [0.15, 0.2) is 0 Å². The second kappa shape index (κ2) is 8.21. The highest BCUT2D eigenvalue weighted by Gasteiger charge is 2.33. The van der Waals surface area contributed by atoms with Crippen molar-refractivity contribution < 1.29 is 4.79 Å². The number of aromatic nitrogens is 1. The number of pyridine rings is 1. The summed E-state index contributed by atoms with van der Waals surface area (Å²) in [6.07, 6.45) is 1.87. The predicted molar refractivity (Wildman–Crippen MR) is 120 cm³/mol. The van der Waals surface area contributed by atoms with Crippen LogP contribution in [0.1, 0.15) is 28.3 Å². The zero-order valence-electron chi connectivity index (χ0n) is 17.2. The monoisotopic (exact) mass is 409 g/mol. The van der Waals surface area contributed by atoms with Crippen molar-refractivity contribution in [3.05, 3.63) is 89.2 Å². The van der Waals surface area contributed by atoms with Crippen LogP contribution in [-0.4, -0.2) is 42.0 Å². The van der Waals surface area contributed by atoms with Gasteiger partial charge < -0.3 is 10.2 Å². The van der Waals surface area contributed by atoms with Gasteiger partial charge in [0.2, 0.25) is 5.91 Å². The Labute approximate surface area is 181 Å². The number of hydrogen-bond acceptors (Lipinski definition) is 5. The third-order valence-electron chi connectivity index (χ3n) is 6.05. The summed E-state index contributed by atoms with van der Waals surface area (Å²) in [6, 6.07) is 22.0. The van der Waals surface area contributed by atoms with Crippen LogP contribution >= 0.6 is 0 Å². The van der Waals surface area contributed by atoms with Gasteiger partial charge in [-0.25, -0.2) is 0 Å². The molecule has 1 unspecified atom stereocenters. The van der Waals surface area contributed by atoms with Gasteiger partial charge in [-0.1, -0.05) is 24.3 Å². The molecule has 5 rings (SSSR count). The van der Waals surface area contributed by atoms with Gasteiger partial charge in [-0.2, -0.15) is 5.26 Å². The lowest BCUT2D eigenvalue weighted by atomic mass is 9.95. The highest BCUT2D eigenvalue weighted by molar-refractivity contribution is 6.04. The molecule has 1 fully saturated rings. The van der Waals surface area contributed by atoms with Crippen molar-refractivity contribution >= 4 is 17.3 Å². The van der Waals surface area contributed by atoms with E-state index in [1.165, 1.54) is 5.69 Å². The maximum Gasteiger partial charge on any atom is 0.238 e. The Hall–Kier alpha value is -3.69. The first-order valence-electron chi connectivity index (χ1n) is 10.5. The van der Waals surface area contributed by atoms with Crippen molar-refractivity contribution in [1.82, 2.24) is 9.88 Å². The molecule has 1 amide bonds. The number of para-hydroxylation sites is 1. The van der Waals surface area contributed by atoms with E-state index in [2.05, 4.69) is 56.5 Å². The molecule has 1 atom stereocenters. The van der Waals surface area contributed by atoms with Crippen molar-refractivity contribution in [3.63, 3.8) is 0 Å². The number of nitriles is 1. The fraction of sp³-hybridized carbons (Fsp3) is 0.240. The quantitative estimate of drug-likeness (QED) is 0.715. The molecule has 0 aliphatic carbocycles. The van der Waals surface area contributed by atoms with Crippen molar-refractivity contribution in [2.45, 2.75) is 12.5 Å². The third-order valence-corrected chi connectivity index (χ3v) is 6.05. The molecule has 2 aromatic carbocycles. The fourth-order valence-corrected chi connectivity index (χ4v) is 4.39. The normalized spacial score (nSPS) is 18.4. The van der Waals surface area contributed by atoms with Crippen LogP contribution in [0.3, 0.4) is 0 Å². The van der Waals surface area contributed by atoms with Gasteiger partial charge in [-0.15, -0.1) is 0 Å². The Balaban J connectivity index is 1.25. The standard InChI is InChI=1S/C25H23N5O/c26-15-18-6-8-22-21(14-18)24(25(31)28-22)23-9-7-19(16-27-23)17-29-10-12-30(13-11-29)20-4-2-1-3-5-20/h1-9,14,16,24H,10-13,17H2,(H,28,31). The van der Waals surface area contributed by atoms with Crippen molar-refractivity contribution in [2.75, 3.05) is 36.4 Å². The summed E-state index contributed by atoms with van der Waals surface area (Å²) in [5.41, 5.74) is 5.26. The largest absolute Gasteiger partial charge is 0.369 e. The van der Waals surface area contributed by atoms with Gasteiger partial charge in [0.1, 0.15) is 5.92 Å². The van der Waals surface area contributed by atoms with E-state index in [1.807, 2.05) is 18.3 Å². The summed E-state index contributed by atoms with van der Waals surface area (Å²) in [5, 5.41) is 12.1. The molecular formula is C25H23N5O. The molecule has 1 aromatic heterocycles. The molecule has 1 saturated heterocycles. The van der Waals surface area contributed by atoms with Gasteiger partial charge in [-0.3, -0.25) is 14.7 Å². The van der Waals surface area contributed by atoms with E-state index in [9.17, 15) is 10.1 Å². The Morgan fingerprint density at radius 2 is 1.84 bits per heavy atom. The Morgan fingerprint density at radius 3 is 2.55 bits per heavy atom. The van der Waals surface area contributed by atoms with E-state index >= 15 is 0 Å². The number of anilines is 2. The SMILES string of the molecule is N#Cc1ccc2c(c1)C(c1ccc(CN3CCN(c4ccccc4)CC3)cn1)C(=O)N2. The first kappa shape index (κ1) is 19.3. The molecule has 0 radical (unpaired) electrons. The number of benzene rings is 2. The number of piperazine rings is 1. The average molecular weight is 409 g/mol. The van der Waals surface area contributed by atoms with E-state index < -0.39 is 5.92 Å². The van der Waals surface area contributed by atoms with Gasteiger partial charge in [0.25, 0.3) is 0 Å². The summed E-state index contributed by atoms with van der Waals surface area (Å²) in [5.74, 6) is -0.561. The number of carbonyl (C=O) groups excluding carboxylic acids is 1. The topological polar surface area (TPSA) is 72.3 Å². The summed E-state index contributed by atoms with van der Waals surface area (Å²) >= 11 is 0. The molecule has 0 saturated carbocycles. The maximum absolute atomic E-state index is 12.5. The average Bonchev–Trinajstić information content (AvgIpc) is 3.15. The van der Waals surface area contributed by atoms with Crippen LogP contribution in [0, 0.1) is 11.3 Å². The lowest BCUT2D eigenvalue weighted by molar-refractivity contribution is -0.116. The van der Waals surface area contributed by atoms with Crippen molar-refractivity contribution in [1.29, 1.82) is 5.26 Å². The van der Waals surface area contributed by atoms with Crippen LogP contribution in [0.25, 0.3) is 0 Å². The van der Waals surface area contributed by atoms with Crippen molar-refractivity contribution in [2.24, 2.45) is 0 Å². The molecule has 3 heterocycles. The van der Waals surface area contributed by atoms with E-state index in [0.29, 0.717) is 11.3 Å².